The van der Waals surface area contributed by atoms with E-state index in [9.17, 15) is 14.4 Å². The molecule has 1 saturated heterocycles. The van der Waals surface area contributed by atoms with Crippen molar-refractivity contribution in [1.29, 1.82) is 0 Å². The number of carbonyl (C=O) groups excluding carboxylic acids is 3. The van der Waals surface area contributed by atoms with Gasteiger partial charge in [0.25, 0.3) is 5.91 Å². The van der Waals surface area contributed by atoms with Crippen molar-refractivity contribution in [3.8, 4) is 0 Å². The number of hydrogen-bond donors (Lipinski definition) is 2. The lowest BCUT2D eigenvalue weighted by Gasteiger charge is -2.30. The fourth-order valence-corrected chi connectivity index (χ4v) is 2.35. The first-order valence-corrected chi connectivity index (χ1v) is 6.44. The molecule has 1 heterocycles. The van der Waals surface area contributed by atoms with Gasteiger partial charge in [0.15, 0.2) is 6.54 Å². The highest BCUT2D eigenvalue weighted by atomic mass is 16.2. The zero-order valence-corrected chi connectivity index (χ0v) is 10.9. The summed E-state index contributed by atoms with van der Waals surface area (Å²) in [6, 6.07) is 0. The Kier molecular flexibility index (Phi) is 5.27. The minimum Gasteiger partial charge on any atom is -0.368 e. The molecule has 6 heteroatoms. The normalized spacial score (nSPS) is 23.1. The number of hydrogen-bond acceptors (Lipinski definition) is 3. The van der Waals surface area contributed by atoms with Crippen molar-refractivity contribution in [2.24, 2.45) is 5.73 Å². The van der Waals surface area contributed by atoms with Crippen LogP contribution in [-0.4, -0.2) is 48.4 Å². The Hall–Kier alpha value is -1.43. The molecule has 0 aromatic rings. The van der Waals surface area contributed by atoms with Crippen LogP contribution in [0.1, 0.15) is 32.6 Å². The number of primary amides is 1. The molecule has 3 N–H and O–H groups in total. The van der Waals surface area contributed by atoms with Crippen LogP contribution in [0.3, 0.4) is 0 Å². The average molecular weight is 256 g/mol. The Morgan fingerprint density at radius 2 is 2.17 bits per heavy atom. The number of nitrogens with zero attached hydrogens (tertiary/aromatic N) is 1. The second-order valence-electron chi connectivity index (χ2n) is 4.84. The van der Waals surface area contributed by atoms with E-state index in [0.717, 1.165) is 25.8 Å². The lowest BCUT2D eigenvalue weighted by atomic mass is 10.2. The van der Waals surface area contributed by atoms with Crippen molar-refractivity contribution in [2.75, 3.05) is 26.2 Å². The fraction of sp³-hybridized carbons (Fsp3) is 0.750. The molecule has 1 unspecified atom stereocenters. The van der Waals surface area contributed by atoms with Crippen molar-refractivity contribution in [1.82, 2.24) is 5.32 Å². The van der Waals surface area contributed by atoms with Crippen LogP contribution in [0.4, 0.5) is 0 Å². The van der Waals surface area contributed by atoms with E-state index in [1.165, 1.54) is 0 Å². The topological polar surface area (TPSA) is 89.3 Å². The summed E-state index contributed by atoms with van der Waals surface area (Å²) in [6.45, 7) is 3.46. The minimum atomic E-state index is -0.573. The van der Waals surface area contributed by atoms with Crippen molar-refractivity contribution >= 4 is 17.7 Å². The number of nitrogens with one attached hydrogen (secondary N) is 1. The van der Waals surface area contributed by atoms with Gasteiger partial charge in [-0.2, -0.15) is 0 Å². The summed E-state index contributed by atoms with van der Waals surface area (Å²) < 4.78 is 0.235. The van der Waals surface area contributed by atoms with Crippen LogP contribution in [0.25, 0.3) is 0 Å². The third-order valence-electron chi connectivity index (χ3n) is 3.35. The van der Waals surface area contributed by atoms with Crippen LogP contribution < -0.4 is 11.1 Å². The molecule has 102 valence electrons. The molecule has 0 aromatic heterocycles. The summed E-state index contributed by atoms with van der Waals surface area (Å²) in [4.78, 5) is 34.3. The van der Waals surface area contributed by atoms with Crippen LogP contribution in [0.5, 0.6) is 0 Å². The van der Waals surface area contributed by atoms with E-state index in [1.54, 1.807) is 0 Å². The zero-order chi connectivity index (χ0) is 13.6. The number of carbonyl (C=O) groups is 3. The number of quaternary nitrogens is 1. The predicted molar refractivity (Wildman–Crippen MR) is 66.2 cm³/mol. The summed E-state index contributed by atoms with van der Waals surface area (Å²) in [5.41, 5.74) is 4.96. The van der Waals surface area contributed by atoms with Gasteiger partial charge in [0, 0.05) is 6.42 Å². The van der Waals surface area contributed by atoms with E-state index < -0.39 is 5.91 Å². The van der Waals surface area contributed by atoms with Crippen LogP contribution in [0.15, 0.2) is 0 Å². The standard InChI is InChI=1S/C12H21N3O3/c1-2-3-6-15(7-4-5-12(15)18)9-11(17)14-8-10(13)16/h2-9H2,1H3,(H2-,13,14,16,17)/p+1. The number of nitrogens with two attached hydrogens (primary N) is 1. The molecule has 6 nitrogen and oxygen atoms in total. The van der Waals surface area contributed by atoms with Gasteiger partial charge < -0.3 is 11.1 Å². The van der Waals surface area contributed by atoms with E-state index >= 15 is 0 Å². The summed E-state index contributed by atoms with van der Waals surface area (Å²) in [6.07, 6.45) is 3.31. The lowest BCUT2D eigenvalue weighted by molar-refractivity contribution is -0.838. The Morgan fingerprint density at radius 3 is 2.67 bits per heavy atom. The Labute approximate surface area is 107 Å². The minimum absolute atomic E-state index is 0.131. The molecule has 0 spiro atoms. The SMILES string of the molecule is CCCC[N+]1(CC(=O)NCC(N)=O)CCCC1=O. The van der Waals surface area contributed by atoms with E-state index in [0.29, 0.717) is 13.0 Å². The summed E-state index contributed by atoms with van der Waals surface area (Å²) in [7, 11) is 0. The largest absolute Gasteiger partial charge is 0.368 e. The Bertz CT molecular complexity index is 343. The maximum Gasteiger partial charge on any atom is 0.314 e. The fourth-order valence-electron chi connectivity index (χ4n) is 2.35. The number of likely N-dealkylation sites (tertiary alicyclic amines) is 1. The Morgan fingerprint density at radius 1 is 1.44 bits per heavy atom. The predicted octanol–water partition coefficient (Wildman–Crippen LogP) is -0.475. The van der Waals surface area contributed by atoms with Gasteiger partial charge in [0.2, 0.25) is 5.91 Å². The first-order chi connectivity index (χ1) is 8.50. The van der Waals surface area contributed by atoms with Crippen molar-refractivity contribution in [3.63, 3.8) is 0 Å². The smallest absolute Gasteiger partial charge is 0.314 e. The molecule has 0 aliphatic carbocycles. The van der Waals surface area contributed by atoms with Gasteiger partial charge in [-0.25, -0.2) is 4.79 Å². The highest BCUT2D eigenvalue weighted by Crippen LogP contribution is 2.21. The van der Waals surface area contributed by atoms with Gasteiger partial charge >= 0.3 is 5.91 Å². The van der Waals surface area contributed by atoms with Crippen LogP contribution in [0, 0.1) is 0 Å². The van der Waals surface area contributed by atoms with E-state index in [2.05, 4.69) is 12.2 Å². The maximum absolute atomic E-state index is 12.0. The monoisotopic (exact) mass is 256 g/mol. The molecule has 1 aliphatic heterocycles. The second-order valence-corrected chi connectivity index (χ2v) is 4.84. The molecule has 1 atom stereocenters. The van der Waals surface area contributed by atoms with Crippen LogP contribution >= 0.6 is 0 Å². The Balaban J connectivity index is 2.58. The van der Waals surface area contributed by atoms with Gasteiger partial charge in [-0.15, -0.1) is 0 Å². The number of unbranched alkanes of at least 4 members (excludes halogenated alkanes) is 1. The van der Waals surface area contributed by atoms with Crippen molar-refractivity contribution in [2.45, 2.75) is 32.6 Å². The molecule has 1 rings (SSSR count). The average Bonchev–Trinajstić information content (AvgIpc) is 2.66. The third-order valence-corrected chi connectivity index (χ3v) is 3.35. The molecule has 0 bridgehead atoms. The van der Waals surface area contributed by atoms with Crippen LogP contribution in [-0.2, 0) is 14.4 Å². The highest BCUT2D eigenvalue weighted by molar-refractivity contribution is 5.85. The quantitative estimate of drug-likeness (QED) is 0.603. The van der Waals surface area contributed by atoms with Gasteiger partial charge in [-0.05, 0) is 6.42 Å². The first kappa shape index (κ1) is 14.6. The molecule has 1 aliphatic rings. The highest BCUT2D eigenvalue weighted by Gasteiger charge is 2.42. The van der Waals surface area contributed by atoms with Crippen molar-refractivity contribution < 1.29 is 18.9 Å². The number of amides is 3. The summed E-state index contributed by atoms with van der Waals surface area (Å²) in [5.74, 6) is -0.714. The third kappa shape index (κ3) is 3.80. The van der Waals surface area contributed by atoms with E-state index in [1.807, 2.05) is 0 Å². The lowest BCUT2D eigenvalue weighted by Crippen LogP contribution is -2.55. The van der Waals surface area contributed by atoms with E-state index in [-0.39, 0.29) is 29.4 Å². The molecule has 0 aromatic carbocycles. The molecule has 18 heavy (non-hydrogen) atoms. The van der Waals surface area contributed by atoms with Crippen molar-refractivity contribution in [3.05, 3.63) is 0 Å². The first-order valence-electron chi connectivity index (χ1n) is 6.44. The van der Waals surface area contributed by atoms with E-state index in [4.69, 9.17) is 5.73 Å². The molecule has 0 saturated carbocycles. The van der Waals surface area contributed by atoms with Gasteiger partial charge in [0.05, 0.1) is 26.1 Å². The molecular formula is C12H22N3O3+. The van der Waals surface area contributed by atoms with Gasteiger partial charge in [-0.3, -0.25) is 14.1 Å². The van der Waals surface area contributed by atoms with Crippen LogP contribution in [0.2, 0.25) is 0 Å². The number of rotatable bonds is 7. The summed E-state index contributed by atoms with van der Waals surface area (Å²) >= 11 is 0. The summed E-state index contributed by atoms with van der Waals surface area (Å²) in [5, 5.41) is 2.45. The molecule has 0 radical (unpaired) electrons. The molecular weight excluding hydrogens is 234 g/mol. The van der Waals surface area contributed by atoms with Gasteiger partial charge in [0.1, 0.15) is 0 Å². The molecule has 1 fully saturated rings. The van der Waals surface area contributed by atoms with Gasteiger partial charge in [-0.1, -0.05) is 13.3 Å². The zero-order valence-electron chi connectivity index (χ0n) is 10.9. The molecule has 3 amide bonds. The second kappa shape index (κ2) is 6.49. The maximum atomic E-state index is 12.0.